The number of rotatable bonds is 0. The molecular formula is C39H68B2O2. The van der Waals surface area contributed by atoms with Gasteiger partial charge in [0.2, 0.25) is 0 Å². The zero-order chi connectivity index (χ0) is 26.1. The number of hydrogen-bond acceptors (Lipinski definition) is 2. The third kappa shape index (κ3) is 5.89. The monoisotopic (exact) mass is 593 g/mol. The zero-order valence-electron chi connectivity index (χ0n) is 26.0. The summed E-state index contributed by atoms with van der Waals surface area (Å²) in [7, 11) is 0. The molecule has 2 nitrogen and oxygen atoms in total. The summed E-state index contributed by atoms with van der Waals surface area (Å²) in [5, 5.41) is 10.8. The van der Waals surface area contributed by atoms with Crippen LogP contribution in [0.4, 0.5) is 0 Å². The van der Waals surface area contributed by atoms with Crippen LogP contribution in [0.15, 0.2) is 23.5 Å². The molecule has 6 radical (unpaired) electrons. The first-order valence-electron chi connectivity index (χ1n) is 17.9. The Labute approximate surface area is 273 Å². The average Bonchev–Trinajstić information content (AvgIpc) is 3.74. The highest BCUT2D eigenvalue weighted by Crippen LogP contribution is 2.61. The summed E-state index contributed by atoms with van der Waals surface area (Å²) in [6, 6.07) is 0. The lowest BCUT2D eigenvalue weighted by atomic mass is 9.52. The van der Waals surface area contributed by atoms with Crippen LogP contribution in [-0.2, 0) is 4.74 Å². The molecule has 8 aliphatic carbocycles. The minimum absolute atomic E-state index is 0. The van der Waals surface area contributed by atoms with Gasteiger partial charge in [0.1, 0.15) is 6.10 Å². The van der Waals surface area contributed by atoms with Gasteiger partial charge in [-0.3, -0.25) is 0 Å². The predicted molar refractivity (Wildman–Crippen MR) is 187 cm³/mol. The van der Waals surface area contributed by atoms with Gasteiger partial charge in [-0.1, -0.05) is 52.2 Å². The van der Waals surface area contributed by atoms with E-state index in [-0.39, 0.29) is 40.6 Å². The van der Waals surface area contributed by atoms with Crippen molar-refractivity contribution >= 4 is 16.8 Å². The topological polar surface area (TPSA) is 29.5 Å². The Hall–Kier alpha value is -0.630. The molecule has 0 saturated heterocycles. The standard InChI is InChI=1S/C19H30O.C18H26O.2CH4.2B.2H2/c1-2-12-5-3-8-16-15-10-9-13-6-4-7-14(13)17(15)11-18(20)19(12)16;1-3-11-7-8-14-15-6-2-4-12-10-19-17(18(12)15)9-16(14)13(11)5-1;;;;;;/h2,13-20H,3-11H2,1H3;10-11,13-18H,1-9H2;2*1H4;;;2*1H/i;;;;;;2*1+1. The van der Waals surface area contributed by atoms with Gasteiger partial charge in [-0.15, -0.1) is 0 Å². The van der Waals surface area contributed by atoms with Crippen molar-refractivity contribution in [2.24, 2.45) is 71.0 Å². The quantitative estimate of drug-likeness (QED) is 0.224. The molecule has 14 atom stereocenters. The molecule has 14 unspecified atom stereocenters. The maximum absolute atomic E-state index is 10.8. The molecule has 0 aromatic heterocycles. The van der Waals surface area contributed by atoms with Crippen LogP contribution < -0.4 is 0 Å². The number of ether oxygens (including phenoxy) is 1. The Morgan fingerprint density at radius 2 is 1.19 bits per heavy atom. The van der Waals surface area contributed by atoms with Crippen LogP contribution in [0, 0.1) is 71.0 Å². The summed E-state index contributed by atoms with van der Waals surface area (Å²) < 4.78 is 6.11. The highest BCUT2D eigenvalue weighted by Gasteiger charge is 2.55. The molecule has 1 aliphatic heterocycles. The number of aliphatic hydroxyl groups is 1. The Bertz CT molecular complexity index is 988. The van der Waals surface area contributed by atoms with Crippen LogP contribution in [0.2, 0.25) is 0 Å². The number of fused-ring (bicyclic) bond motifs is 9. The Balaban J connectivity index is 0.000000277. The zero-order valence-corrected chi connectivity index (χ0v) is 26.0. The summed E-state index contributed by atoms with van der Waals surface area (Å²) in [6.45, 7) is 2.18. The van der Waals surface area contributed by atoms with E-state index in [1.807, 2.05) is 0 Å². The maximum atomic E-state index is 10.8. The number of aliphatic hydroxyl groups excluding tert-OH is 1. The van der Waals surface area contributed by atoms with E-state index in [0.29, 0.717) is 12.0 Å². The molecule has 8 saturated carbocycles. The van der Waals surface area contributed by atoms with E-state index in [0.717, 1.165) is 71.5 Å². The molecule has 4 heteroatoms. The largest absolute Gasteiger partial charge is 0.497 e. The molecule has 9 rings (SSSR count). The van der Waals surface area contributed by atoms with Crippen LogP contribution in [-0.4, -0.2) is 34.1 Å². The molecule has 0 aromatic rings. The van der Waals surface area contributed by atoms with Gasteiger partial charge in [-0.25, -0.2) is 0 Å². The van der Waals surface area contributed by atoms with Crippen molar-refractivity contribution in [1.82, 2.24) is 0 Å². The molecule has 0 aromatic carbocycles. The fourth-order valence-corrected chi connectivity index (χ4v) is 13.6. The Morgan fingerprint density at radius 1 is 0.628 bits per heavy atom. The molecule has 242 valence electrons. The van der Waals surface area contributed by atoms with Crippen molar-refractivity contribution in [2.75, 3.05) is 0 Å². The summed E-state index contributed by atoms with van der Waals surface area (Å²) in [4.78, 5) is 0. The third-order valence-corrected chi connectivity index (χ3v) is 14.9. The molecule has 0 bridgehead atoms. The van der Waals surface area contributed by atoms with Crippen LogP contribution >= 0.6 is 0 Å². The molecule has 9 aliphatic rings. The predicted octanol–water partition coefficient (Wildman–Crippen LogP) is 10.1. The van der Waals surface area contributed by atoms with E-state index < -0.39 is 0 Å². The second-order valence-electron chi connectivity index (χ2n) is 16.0. The molecule has 0 amide bonds. The van der Waals surface area contributed by atoms with Crippen LogP contribution in [0.5, 0.6) is 0 Å². The van der Waals surface area contributed by atoms with Crippen molar-refractivity contribution in [3.05, 3.63) is 23.5 Å². The molecular weight excluding hydrogens is 522 g/mol. The van der Waals surface area contributed by atoms with Crippen molar-refractivity contribution in [3.63, 3.8) is 0 Å². The number of allylic oxidation sites excluding steroid dienone is 1. The van der Waals surface area contributed by atoms with Crippen molar-refractivity contribution in [1.29, 1.82) is 0 Å². The van der Waals surface area contributed by atoms with E-state index in [4.69, 9.17) is 4.74 Å². The summed E-state index contributed by atoms with van der Waals surface area (Å²) in [5.41, 5.74) is 3.27. The Morgan fingerprint density at radius 3 is 1.81 bits per heavy atom. The van der Waals surface area contributed by atoms with Gasteiger partial charge < -0.3 is 9.84 Å². The van der Waals surface area contributed by atoms with E-state index >= 15 is 0 Å². The van der Waals surface area contributed by atoms with Crippen LogP contribution in [0.3, 0.4) is 0 Å². The summed E-state index contributed by atoms with van der Waals surface area (Å²) >= 11 is 0. The normalized spacial score (nSPS) is 49.0. The van der Waals surface area contributed by atoms with E-state index in [1.54, 1.807) is 24.0 Å². The van der Waals surface area contributed by atoms with Crippen LogP contribution in [0.1, 0.15) is 140 Å². The SMILES string of the molecule is C.C.C1=C2CCCC3C4CCC5CCCC5C4CC(O1)C23.CC=C1CCCC2C3CCC4CCCC4C3CC(O)C12.[2HH].[2HH].[B].[B]. The lowest BCUT2D eigenvalue weighted by Gasteiger charge is -2.54. The van der Waals surface area contributed by atoms with E-state index in [9.17, 15) is 5.11 Å². The number of hydrogen-bond donors (Lipinski definition) is 1. The Kier molecular flexibility index (Phi) is 11.8. The molecule has 1 heterocycles. The second kappa shape index (κ2) is 14.4. The van der Waals surface area contributed by atoms with Gasteiger partial charge >= 0.3 is 0 Å². The minimum atomic E-state index is -0.0351. The second-order valence-corrected chi connectivity index (χ2v) is 16.0. The van der Waals surface area contributed by atoms with Gasteiger partial charge in [0.15, 0.2) is 0 Å². The highest BCUT2D eigenvalue weighted by atomic mass is 16.5. The lowest BCUT2D eigenvalue weighted by Crippen LogP contribution is -2.49. The molecule has 43 heavy (non-hydrogen) atoms. The first-order valence-corrected chi connectivity index (χ1v) is 17.9. The molecule has 0 spiro atoms. The van der Waals surface area contributed by atoms with Gasteiger partial charge in [-0.2, -0.15) is 0 Å². The fraction of sp³-hybridized carbons (Fsp3) is 0.897. The maximum Gasteiger partial charge on any atom is 0.105 e. The molecule has 1 N–H and O–H groups in total. The van der Waals surface area contributed by atoms with Crippen molar-refractivity contribution in [3.8, 4) is 0 Å². The first-order chi connectivity index (χ1) is 19.2. The van der Waals surface area contributed by atoms with Gasteiger partial charge in [-0.05, 0) is 162 Å². The van der Waals surface area contributed by atoms with Crippen molar-refractivity contribution < 1.29 is 12.7 Å². The third-order valence-electron chi connectivity index (χ3n) is 14.9. The smallest absolute Gasteiger partial charge is 0.105 e. The average molecular weight is 593 g/mol. The van der Waals surface area contributed by atoms with E-state index in [2.05, 4.69) is 19.3 Å². The summed E-state index contributed by atoms with van der Waals surface area (Å²) in [6.07, 6.45) is 30.9. The van der Waals surface area contributed by atoms with Gasteiger partial charge in [0.25, 0.3) is 0 Å². The first kappa shape index (κ1) is 35.2. The van der Waals surface area contributed by atoms with Gasteiger partial charge in [0.05, 0.1) is 12.4 Å². The summed E-state index contributed by atoms with van der Waals surface area (Å²) in [5.74, 6) is 11.2. The van der Waals surface area contributed by atoms with Gasteiger partial charge in [0, 0.05) is 31.5 Å². The fourth-order valence-electron chi connectivity index (χ4n) is 13.6. The van der Waals surface area contributed by atoms with Crippen LogP contribution in [0.25, 0.3) is 0 Å². The minimum Gasteiger partial charge on any atom is -0.497 e. The highest BCUT2D eigenvalue weighted by molar-refractivity contribution is 5.76. The lowest BCUT2D eigenvalue weighted by molar-refractivity contribution is -0.0725. The van der Waals surface area contributed by atoms with E-state index in [1.165, 1.54) is 96.3 Å². The molecule has 8 fully saturated rings. The van der Waals surface area contributed by atoms with Crippen molar-refractivity contribution in [2.45, 2.75) is 150 Å².